The van der Waals surface area contributed by atoms with Crippen molar-refractivity contribution in [3.05, 3.63) is 77.4 Å². The van der Waals surface area contributed by atoms with Crippen LogP contribution in [0.15, 0.2) is 66.2 Å². The van der Waals surface area contributed by atoms with E-state index in [1.54, 1.807) is 0 Å². The molecule has 20 heavy (non-hydrogen) atoms. The average Bonchev–Trinajstić information content (AvgIpc) is 3.15. The first-order chi connectivity index (χ1) is 9.72. The topological polar surface area (TPSA) is 26.3 Å². The van der Waals surface area contributed by atoms with Crippen molar-refractivity contribution in [2.45, 2.75) is 12.3 Å². The Hall–Kier alpha value is -2.35. The fourth-order valence-corrected chi connectivity index (χ4v) is 3.02. The third kappa shape index (κ3) is 1.61. The normalized spacial score (nSPS) is 20.7. The molecule has 0 heterocycles. The summed E-state index contributed by atoms with van der Waals surface area (Å²) in [5.41, 5.74) is 3.50. The van der Waals surface area contributed by atoms with E-state index in [1.807, 2.05) is 67.6 Å². The van der Waals surface area contributed by atoms with Gasteiger partial charge in [-0.2, -0.15) is 0 Å². The molecule has 2 aromatic rings. The molecule has 0 aromatic heterocycles. The summed E-state index contributed by atoms with van der Waals surface area (Å²) in [6, 6.07) is 19.8. The Morgan fingerprint density at radius 1 is 0.950 bits per heavy atom. The third-order valence-electron chi connectivity index (χ3n) is 4.01. The minimum Gasteiger partial charge on any atom is -0.468 e. The van der Waals surface area contributed by atoms with Crippen molar-refractivity contribution in [2.75, 3.05) is 7.11 Å². The Balaban J connectivity index is 2.11. The number of benzene rings is 2. The van der Waals surface area contributed by atoms with Gasteiger partial charge in [0.1, 0.15) is 5.41 Å². The standard InChI is InChI=1S/C18H16O2/c1-13-16(14-9-5-3-6-10-14)18(13,17(19)20-2)15-11-7-4-8-12-15/h3-12H,1-2H3. The maximum atomic E-state index is 12.4. The Labute approximate surface area is 118 Å². The summed E-state index contributed by atoms with van der Waals surface area (Å²) >= 11 is 0. The summed E-state index contributed by atoms with van der Waals surface area (Å²) in [5.74, 6) is -0.208. The van der Waals surface area contributed by atoms with Crippen LogP contribution in [0.5, 0.6) is 0 Å². The van der Waals surface area contributed by atoms with Gasteiger partial charge in [-0.15, -0.1) is 0 Å². The molecule has 0 bridgehead atoms. The van der Waals surface area contributed by atoms with E-state index in [4.69, 9.17) is 4.74 Å². The highest BCUT2D eigenvalue weighted by molar-refractivity contribution is 6.15. The molecular formula is C18H16O2. The summed E-state index contributed by atoms with van der Waals surface area (Å²) < 4.78 is 5.07. The van der Waals surface area contributed by atoms with Gasteiger partial charge in [-0.05, 0) is 29.2 Å². The highest BCUT2D eigenvalue weighted by Crippen LogP contribution is 2.60. The zero-order chi connectivity index (χ0) is 14.2. The molecule has 0 spiro atoms. The molecule has 3 rings (SSSR count). The van der Waals surface area contributed by atoms with Crippen LogP contribution in [0.1, 0.15) is 18.1 Å². The second-order valence-electron chi connectivity index (χ2n) is 4.97. The van der Waals surface area contributed by atoms with Gasteiger partial charge in [-0.3, -0.25) is 4.79 Å². The Kier molecular flexibility index (Phi) is 2.94. The van der Waals surface area contributed by atoms with Crippen molar-refractivity contribution in [3.63, 3.8) is 0 Å². The lowest BCUT2D eigenvalue weighted by atomic mass is 9.86. The second-order valence-corrected chi connectivity index (χ2v) is 4.97. The molecule has 2 nitrogen and oxygen atoms in total. The molecule has 1 aliphatic rings. The summed E-state index contributed by atoms with van der Waals surface area (Å²) in [5, 5.41) is 0. The van der Waals surface area contributed by atoms with Crippen LogP contribution in [-0.4, -0.2) is 13.1 Å². The molecule has 0 fully saturated rings. The number of hydrogen-bond acceptors (Lipinski definition) is 2. The highest BCUT2D eigenvalue weighted by Gasteiger charge is 2.59. The number of carbonyl (C=O) groups is 1. The van der Waals surface area contributed by atoms with E-state index in [-0.39, 0.29) is 5.97 Å². The highest BCUT2D eigenvalue weighted by atomic mass is 16.5. The van der Waals surface area contributed by atoms with Gasteiger partial charge in [0.05, 0.1) is 7.11 Å². The van der Waals surface area contributed by atoms with Gasteiger partial charge in [-0.1, -0.05) is 60.7 Å². The van der Waals surface area contributed by atoms with Crippen LogP contribution in [-0.2, 0) is 14.9 Å². The van der Waals surface area contributed by atoms with Crippen molar-refractivity contribution >= 4 is 11.5 Å². The SMILES string of the molecule is COC(=O)C1(c2ccccc2)C(C)=C1c1ccccc1. The number of ether oxygens (including phenoxy) is 1. The molecule has 100 valence electrons. The first-order valence-corrected chi connectivity index (χ1v) is 6.64. The van der Waals surface area contributed by atoms with E-state index in [0.717, 1.165) is 22.3 Å². The molecule has 0 aliphatic heterocycles. The number of carbonyl (C=O) groups excluding carboxylic acids is 1. The van der Waals surface area contributed by atoms with Crippen molar-refractivity contribution in [1.29, 1.82) is 0 Å². The van der Waals surface area contributed by atoms with Crippen molar-refractivity contribution in [1.82, 2.24) is 0 Å². The zero-order valence-corrected chi connectivity index (χ0v) is 11.6. The van der Waals surface area contributed by atoms with Crippen molar-refractivity contribution in [3.8, 4) is 0 Å². The van der Waals surface area contributed by atoms with Gasteiger partial charge in [0.25, 0.3) is 0 Å². The predicted octanol–water partition coefficient (Wildman–Crippen LogP) is 3.58. The molecule has 0 saturated carbocycles. The van der Waals surface area contributed by atoms with Gasteiger partial charge < -0.3 is 4.74 Å². The minimum atomic E-state index is -0.697. The van der Waals surface area contributed by atoms with Crippen LogP contribution in [0.3, 0.4) is 0 Å². The fraction of sp³-hybridized carbons (Fsp3) is 0.167. The van der Waals surface area contributed by atoms with E-state index in [0.29, 0.717) is 0 Å². The van der Waals surface area contributed by atoms with Gasteiger partial charge in [-0.25, -0.2) is 0 Å². The number of methoxy groups -OCH3 is 1. The molecule has 0 saturated heterocycles. The van der Waals surface area contributed by atoms with E-state index in [1.165, 1.54) is 7.11 Å². The van der Waals surface area contributed by atoms with Crippen molar-refractivity contribution in [2.24, 2.45) is 0 Å². The van der Waals surface area contributed by atoms with Gasteiger partial charge >= 0.3 is 5.97 Å². The van der Waals surface area contributed by atoms with E-state index in [2.05, 4.69) is 0 Å². The number of rotatable bonds is 3. The number of hydrogen-bond donors (Lipinski definition) is 0. The largest absolute Gasteiger partial charge is 0.468 e. The van der Waals surface area contributed by atoms with Gasteiger partial charge in [0.15, 0.2) is 0 Å². The summed E-state index contributed by atoms with van der Waals surface area (Å²) in [6.45, 7) is 2.01. The molecule has 1 aliphatic carbocycles. The lowest BCUT2D eigenvalue weighted by Gasteiger charge is -2.18. The molecule has 0 amide bonds. The summed E-state index contributed by atoms with van der Waals surface area (Å²) in [7, 11) is 1.45. The molecule has 0 N–H and O–H groups in total. The van der Waals surface area contributed by atoms with Crippen LogP contribution < -0.4 is 0 Å². The quantitative estimate of drug-likeness (QED) is 0.792. The van der Waals surface area contributed by atoms with E-state index < -0.39 is 5.41 Å². The van der Waals surface area contributed by atoms with Crippen molar-refractivity contribution < 1.29 is 9.53 Å². The molecular weight excluding hydrogens is 248 g/mol. The summed E-state index contributed by atoms with van der Waals surface area (Å²) in [6.07, 6.45) is 0. The number of esters is 1. The zero-order valence-electron chi connectivity index (χ0n) is 11.6. The predicted molar refractivity (Wildman–Crippen MR) is 79.2 cm³/mol. The minimum absolute atomic E-state index is 0.208. The summed E-state index contributed by atoms with van der Waals surface area (Å²) in [4.78, 5) is 12.4. The fourth-order valence-electron chi connectivity index (χ4n) is 3.02. The lowest BCUT2D eigenvalue weighted by Crippen LogP contribution is -2.26. The monoisotopic (exact) mass is 264 g/mol. The Bertz CT molecular complexity index is 671. The van der Waals surface area contributed by atoms with Crippen LogP contribution in [0.4, 0.5) is 0 Å². The Morgan fingerprint density at radius 2 is 1.50 bits per heavy atom. The van der Waals surface area contributed by atoms with Crippen LogP contribution in [0.2, 0.25) is 0 Å². The lowest BCUT2D eigenvalue weighted by molar-refractivity contribution is -0.142. The molecule has 2 heteroatoms. The Morgan fingerprint density at radius 3 is 2.05 bits per heavy atom. The first kappa shape index (κ1) is 12.7. The maximum Gasteiger partial charge on any atom is 0.325 e. The van der Waals surface area contributed by atoms with E-state index >= 15 is 0 Å². The second kappa shape index (κ2) is 4.64. The van der Waals surface area contributed by atoms with E-state index in [9.17, 15) is 4.79 Å². The molecule has 1 unspecified atom stereocenters. The van der Waals surface area contributed by atoms with Crippen LogP contribution >= 0.6 is 0 Å². The molecule has 1 atom stereocenters. The third-order valence-corrected chi connectivity index (χ3v) is 4.01. The van der Waals surface area contributed by atoms with Gasteiger partial charge in [0.2, 0.25) is 0 Å². The van der Waals surface area contributed by atoms with Gasteiger partial charge in [0, 0.05) is 0 Å². The van der Waals surface area contributed by atoms with Crippen LogP contribution in [0.25, 0.3) is 5.57 Å². The molecule has 0 radical (unpaired) electrons. The average molecular weight is 264 g/mol. The molecule has 2 aromatic carbocycles. The maximum absolute atomic E-state index is 12.4. The smallest absolute Gasteiger partial charge is 0.325 e. The first-order valence-electron chi connectivity index (χ1n) is 6.64. The van der Waals surface area contributed by atoms with Crippen LogP contribution in [0, 0.1) is 0 Å².